The highest BCUT2D eigenvalue weighted by Gasteiger charge is 2.17. The number of carbonyl (C=O) groups is 1. The third-order valence-corrected chi connectivity index (χ3v) is 3.96. The molecule has 100 valence electrons. The molecule has 0 radical (unpaired) electrons. The van der Waals surface area contributed by atoms with Gasteiger partial charge < -0.3 is 14.7 Å². The summed E-state index contributed by atoms with van der Waals surface area (Å²) in [5, 5.41) is 10.8. The molecule has 0 aromatic carbocycles. The molecule has 0 spiro atoms. The van der Waals surface area contributed by atoms with Crippen molar-refractivity contribution < 1.29 is 14.6 Å². The van der Waals surface area contributed by atoms with Crippen LogP contribution in [0.3, 0.4) is 0 Å². The van der Waals surface area contributed by atoms with Gasteiger partial charge in [0, 0.05) is 31.7 Å². The van der Waals surface area contributed by atoms with Crippen molar-refractivity contribution in [1.29, 1.82) is 0 Å². The summed E-state index contributed by atoms with van der Waals surface area (Å²) in [5.74, 6) is -0.264. The van der Waals surface area contributed by atoms with E-state index in [1.165, 1.54) is 11.3 Å². The van der Waals surface area contributed by atoms with E-state index >= 15 is 0 Å². The Kier molecular flexibility index (Phi) is 4.68. The van der Waals surface area contributed by atoms with Gasteiger partial charge in [-0.3, -0.25) is 0 Å². The Morgan fingerprint density at radius 1 is 1.61 bits per heavy atom. The van der Waals surface area contributed by atoms with Crippen molar-refractivity contribution in [1.82, 2.24) is 9.88 Å². The molecule has 18 heavy (non-hydrogen) atoms. The molecule has 1 aliphatic heterocycles. The fourth-order valence-corrected chi connectivity index (χ4v) is 2.83. The number of ether oxygens (including phenoxy) is 1. The molecule has 0 unspecified atom stereocenters. The van der Waals surface area contributed by atoms with Gasteiger partial charge in [0.15, 0.2) is 0 Å². The Labute approximate surface area is 110 Å². The molecule has 0 aliphatic carbocycles. The van der Waals surface area contributed by atoms with E-state index in [1.54, 1.807) is 0 Å². The van der Waals surface area contributed by atoms with Gasteiger partial charge in [-0.25, -0.2) is 9.78 Å². The highest BCUT2D eigenvalue weighted by Crippen LogP contribution is 2.17. The SMILES string of the molecule is CN(Cc1csc(C(=O)O)n1)CC1CCOCC1. The summed E-state index contributed by atoms with van der Waals surface area (Å²) in [7, 11) is 2.05. The number of rotatable bonds is 5. The van der Waals surface area contributed by atoms with Gasteiger partial charge in [0.1, 0.15) is 0 Å². The number of hydrogen-bond donors (Lipinski definition) is 1. The maximum Gasteiger partial charge on any atom is 0.365 e. The topological polar surface area (TPSA) is 62.7 Å². The average Bonchev–Trinajstić information content (AvgIpc) is 2.78. The average molecular weight is 270 g/mol. The molecule has 0 saturated carbocycles. The van der Waals surface area contributed by atoms with E-state index < -0.39 is 5.97 Å². The van der Waals surface area contributed by atoms with Gasteiger partial charge >= 0.3 is 5.97 Å². The predicted octanol–water partition coefficient (Wildman–Crippen LogP) is 1.70. The molecular weight excluding hydrogens is 252 g/mol. The van der Waals surface area contributed by atoms with Gasteiger partial charge in [-0.2, -0.15) is 0 Å². The zero-order valence-electron chi connectivity index (χ0n) is 10.5. The van der Waals surface area contributed by atoms with E-state index in [0.717, 1.165) is 38.3 Å². The van der Waals surface area contributed by atoms with Crippen LogP contribution in [0.25, 0.3) is 0 Å². The van der Waals surface area contributed by atoms with Crippen LogP contribution < -0.4 is 0 Å². The number of thiazole rings is 1. The third kappa shape index (κ3) is 3.76. The highest BCUT2D eigenvalue weighted by atomic mass is 32.1. The van der Waals surface area contributed by atoms with Gasteiger partial charge in [-0.1, -0.05) is 0 Å². The molecule has 6 heteroatoms. The maximum absolute atomic E-state index is 10.7. The molecule has 1 aliphatic rings. The fourth-order valence-electron chi connectivity index (χ4n) is 2.19. The van der Waals surface area contributed by atoms with Crippen LogP contribution in [0.4, 0.5) is 0 Å². The van der Waals surface area contributed by atoms with Crippen molar-refractivity contribution in [3.63, 3.8) is 0 Å². The summed E-state index contributed by atoms with van der Waals surface area (Å²) in [6.45, 7) is 3.45. The maximum atomic E-state index is 10.7. The molecule has 1 saturated heterocycles. The first-order chi connectivity index (χ1) is 8.65. The zero-order valence-corrected chi connectivity index (χ0v) is 11.3. The van der Waals surface area contributed by atoms with Crippen LogP contribution in [-0.4, -0.2) is 47.8 Å². The first kappa shape index (κ1) is 13.5. The quantitative estimate of drug-likeness (QED) is 0.882. The van der Waals surface area contributed by atoms with Crippen molar-refractivity contribution in [2.24, 2.45) is 5.92 Å². The Hall–Kier alpha value is -0.980. The van der Waals surface area contributed by atoms with Gasteiger partial charge in [0.25, 0.3) is 0 Å². The molecule has 0 atom stereocenters. The summed E-state index contributed by atoms with van der Waals surface area (Å²) in [6.07, 6.45) is 2.23. The van der Waals surface area contributed by atoms with Crippen LogP contribution in [0.5, 0.6) is 0 Å². The number of nitrogens with zero attached hydrogens (tertiary/aromatic N) is 2. The van der Waals surface area contributed by atoms with Gasteiger partial charge in [0.2, 0.25) is 5.01 Å². The Bertz CT molecular complexity index is 402. The third-order valence-electron chi connectivity index (χ3n) is 3.08. The van der Waals surface area contributed by atoms with E-state index in [9.17, 15) is 4.79 Å². The smallest absolute Gasteiger partial charge is 0.365 e. The van der Waals surface area contributed by atoms with Crippen LogP contribution in [-0.2, 0) is 11.3 Å². The number of aromatic carboxylic acids is 1. The van der Waals surface area contributed by atoms with E-state index in [1.807, 2.05) is 5.38 Å². The van der Waals surface area contributed by atoms with E-state index in [-0.39, 0.29) is 5.01 Å². The summed E-state index contributed by atoms with van der Waals surface area (Å²) in [4.78, 5) is 17.0. The number of carboxylic acid groups (broad SMARTS) is 1. The Balaban J connectivity index is 1.82. The molecule has 5 nitrogen and oxygen atoms in total. The van der Waals surface area contributed by atoms with Crippen molar-refractivity contribution in [3.8, 4) is 0 Å². The minimum absolute atomic E-state index is 0.171. The van der Waals surface area contributed by atoms with Crippen LogP contribution in [0.1, 0.15) is 28.3 Å². The minimum Gasteiger partial charge on any atom is -0.476 e. The van der Waals surface area contributed by atoms with Crippen molar-refractivity contribution >= 4 is 17.3 Å². The molecule has 0 bridgehead atoms. The van der Waals surface area contributed by atoms with E-state index in [2.05, 4.69) is 16.9 Å². The Morgan fingerprint density at radius 3 is 2.94 bits per heavy atom. The molecule has 2 rings (SSSR count). The van der Waals surface area contributed by atoms with Crippen molar-refractivity contribution in [2.75, 3.05) is 26.8 Å². The second-order valence-corrected chi connectivity index (χ2v) is 5.56. The van der Waals surface area contributed by atoms with Gasteiger partial charge in [-0.15, -0.1) is 11.3 Å². The molecular formula is C12H18N2O3S. The van der Waals surface area contributed by atoms with Gasteiger partial charge in [-0.05, 0) is 25.8 Å². The minimum atomic E-state index is -0.946. The lowest BCUT2D eigenvalue weighted by Crippen LogP contribution is -2.29. The largest absolute Gasteiger partial charge is 0.476 e. The highest BCUT2D eigenvalue weighted by molar-refractivity contribution is 7.11. The number of aromatic nitrogens is 1. The predicted molar refractivity (Wildman–Crippen MR) is 69.0 cm³/mol. The molecule has 1 N–H and O–H groups in total. The molecule has 1 aromatic rings. The zero-order chi connectivity index (χ0) is 13.0. The second-order valence-electron chi connectivity index (χ2n) is 4.70. The van der Waals surface area contributed by atoms with Crippen LogP contribution in [0, 0.1) is 5.92 Å². The number of carboxylic acids is 1. The monoisotopic (exact) mass is 270 g/mol. The summed E-state index contributed by atoms with van der Waals surface area (Å²) >= 11 is 1.19. The first-order valence-corrected chi connectivity index (χ1v) is 6.97. The van der Waals surface area contributed by atoms with Crippen LogP contribution in [0.2, 0.25) is 0 Å². The van der Waals surface area contributed by atoms with Crippen LogP contribution in [0.15, 0.2) is 5.38 Å². The summed E-state index contributed by atoms with van der Waals surface area (Å²) in [6, 6.07) is 0. The van der Waals surface area contributed by atoms with E-state index in [0.29, 0.717) is 12.5 Å². The lowest BCUT2D eigenvalue weighted by molar-refractivity contribution is 0.0548. The summed E-state index contributed by atoms with van der Waals surface area (Å²) < 4.78 is 5.33. The molecule has 0 amide bonds. The molecule has 1 aromatic heterocycles. The van der Waals surface area contributed by atoms with Crippen molar-refractivity contribution in [2.45, 2.75) is 19.4 Å². The first-order valence-electron chi connectivity index (χ1n) is 6.09. The number of hydrogen-bond acceptors (Lipinski definition) is 5. The standard InChI is InChI=1S/C12H18N2O3S/c1-14(6-9-2-4-17-5-3-9)7-10-8-18-11(13-10)12(15)16/h8-9H,2-7H2,1H3,(H,15,16). The van der Waals surface area contributed by atoms with Crippen LogP contribution >= 0.6 is 11.3 Å². The van der Waals surface area contributed by atoms with E-state index in [4.69, 9.17) is 9.84 Å². The van der Waals surface area contributed by atoms with Gasteiger partial charge in [0.05, 0.1) is 5.69 Å². The summed E-state index contributed by atoms with van der Waals surface area (Å²) in [5.41, 5.74) is 0.840. The molecule has 1 fully saturated rings. The normalized spacial score (nSPS) is 17.2. The van der Waals surface area contributed by atoms with Crippen molar-refractivity contribution in [3.05, 3.63) is 16.1 Å². The second kappa shape index (κ2) is 6.26. The lowest BCUT2D eigenvalue weighted by Gasteiger charge is -2.26. The fraction of sp³-hybridized carbons (Fsp3) is 0.667. The molecule has 2 heterocycles. The Morgan fingerprint density at radius 2 is 2.33 bits per heavy atom. The lowest BCUT2D eigenvalue weighted by atomic mass is 10.00.